The molecule has 1 atom stereocenters. The first-order valence-corrected chi connectivity index (χ1v) is 6.31. The van der Waals surface area contributed by atoms with Gasteiger partial charge in [-0.3, -0.25) is 4.99 Å². The van der Waals surface area contributed by atoms with E-state index in [0.29, 0.717) is 5.56 Å². The van der Waals surface area contributed by atoms with Crippen molar-refractivity contribution < 1.29 is 4.39 Å². The molecule has 0 amide bonds. The normalized spacial score (nSPS) is 18.1. The molecule has 0 saturated heterocycles. The summed E-state index contributed by atoms with van der Waals surface area (Å²) in [5.41, 5.74) is 0.708. The average Bonchev–Trinajstić information content (AvgIpc) is 2.58. The highest BCUT2D eigenvalue weighted by atomic mass is 19.1. The Hall–Kier alpha value is -1.38. The fourth-order valence-electron chi connectivity index (χ4n) is 2.15. The van der Waals surface area contributed by atoms with Crippen LogP contribution < -0.4 is 5.32 Å². The summed E-state index contributed by atoms with van der Waals surface area (Å²) in [6.07, 6.45) is 4.57. The Labute approximate surface area is 102 Å². The van der Waals surface area contributed by atoms with Gasteiger partial charge in [-0.25, -0.2) is 4.39 Å². The first-order valence-electron chi connectivity index (χ1n) is 6.31. The molecule has 1 heterocycles. The topological polar surface area (TPSA) is 24.4 Å². The lowest BCUT2D eigenvalue weighted by Crippen LogP contribution is -2.27. The molecule has 1 aromatic rings. The summed E-state index contributed by atoms with van der Waals surface area (Å²) in [7, 11) is 0. The van der Waals surface area contributed by atoms with Crippen molar-refractivity contribution in [1.29, 1.82) is 0 Å². The van der Waals surface area contributed by atoms with Gasteiger partial charge in [0.1, 0.15) is 5.82 Å². The van der Waals surface area contributed by atoms with E-state index in [1.807, 2.05) is 19.1 Å². The van der Waals surface area contributed by atoms with Crippen molar-refractivity contribution in [1.82, 2.24) is 5.32 Å². The predicted octanol–water partition coefficient (Wildman–Crippen LogP) is 3.45. The molecule has 92 valence electrons. The smallest absolute Gasteiger partial charge is 0.128 e. The van der Waals surface area contributed by atoms with Crippen LogP contribution in [0, 0.1) is 5.82 Å². The molecule has 2 nitrogen and oxygen atoms in total. The Kier molecular flexibility index (Phi) is 4.13. The third kappa shape index (κ3) is 3.29. The second-order valence-electron chi connectivity index (χ2n) is 4.53. The van der Waals surface area contributed by atoms with Gasteiger partial charge in [0, 0.05) is 18.5 Å². The van der Waals surface area contributed by atoms with Crippen LogP contribution in [-0.2, 0) is 0 Å². The van der Waals surface area contributed by atoms with Crippen molar-refractivity contribution in [2.75, 3.05) is 6.54 Å². The first-order chi connectivity index (χ1) is 8.27. The number of hydrogen-bond acceptors (Lipinski definition) is 2. The highest BCUT2D eigenvalue weighted by molar-refractivity contribution is 5.82. The van der Waals surface area contributed by atoms with Crippen molar-refractivity contribution in [2.24, 2.45) is 4.99 Å². The minimum absolute atomic E-state index is 0.0203. The summed E-state index contributed by atoms with van der Waals surface area (Å²) in [5, 5.41) is 3.33. The van der Waals surface area contributed by atoms with E-state index in [9.17, 15) is 4.39 Å². The Morgan fingerprint density at radius 1 is 1.24 bits per heavy atom. The highest BCUT2D eigenvalue weighted by Gasteiger charge is 2.12. The van der Waals surface area contributed by atoms with E-state index < -0.39 is 0 Å². The first kappa shape index (κ1) is 12.1. The summed E-state index contributed by atoms with van der Waals surface area (Å²) in [5.74, 6) is 0.875. The van der Waals surface area contributed by atoms with E-state index in [0.717, 1.165) is 18.8 Å². The minimum Gasteiger partial charge on any atom is -0.367 e. The Balaban J connectivity index is 2.03. The molecule has 0 spiro atoms. The third-order valence-electron chi connectivity index (χ3n) is 3.13. The third-order valence-corrected chi connectivity index (χ3v) is 3.13. The van der Waals surface area contributed by atoms with Gasteiger partial charge < -0.3 is 5.32 Å². The molecular weight excluding hydrogens is 215 g/mol. The minimum atomic E-state index is -0.151. The van der Waals surface area contributed by atoms with E-state index in [2.05, 4.69) is 10.3 Å². The lowest BCUT2D eigenvalue weighted by atomic mass is 10.1. The number of amidine groups is 1. The molecule has 3 heteroatoms. The van der Waals surface area contributed by atoms with Crippen LogP contribution in [0.15, 0.2) is 29.3 Å². The molecule has 1 aliphatic rings. The highest BCUT2D eigenvalue weighted by Crippen LogP contribution is 2.17. The van der Waals surface area contributed by atoms with Gasteiger partial charge in [-0.15, -0.1) is 0 Å². The number of benzene rings is 1. The van der Waals surface area contributed by atoms with E-state index in [1.54, 1.807) is 6.07 Å². The van der Waals surface area contributed by atoms with Crippen molar-refractivity contribution in [3.8, 4) is 0 Å². The van der Waals surface area contributed by atoms with Crippen LogP contribution in [0.1, 0.15) is 44.2 Å². The molecule has 1 unspecified atom stereocenters. The zero-order chi connectivity index (χ0) is 12.1. The van der Waals surface area contributed by atoms with E-state index >= 15 is 0 Å². The molecule has 0 aliphatic carbocycles. The maximum atomic E-state index is 13.6. The molecule has 0 radical (unpaired) electrons. The molecule has 0 saturated carbocycles. The van der Waals surface area contributed by atoms with Crippen molar-refractivity contribution in [3.63, 3.8) is 0 Å². The van der Waals surface area contributed by atoms with Crippen molar-refractivity contribution >= 4 is 5.84 Å². The van der Waals surface area contributed by atoms with E-state index in [1.165, 1.54) is 25.3 Å². The quantitative estimate of drug-likeness (QED) is 0.832. The fraction of sp³-hybridized carbons (Fsp3) is 0.500. The molecule has 1 aromatic carbocycles. The Morgan fingerprint density at radius 3 is 2.88 bits per heavy atom. The van der Waals surface area contributed by atoms with Gasteiger partial charge in [0.15, 0.2) is 0 Å². The molecule has 1 N–H and O–H groups in total. The van der Waals surface area contributed by atoms with Crippen molar-refractivity contribution in [3.05, 3.63) is 35.6 Å². The SMILES string of the molecule is CC(NC1=NCCCCC1)c1ccccc1F. The zero-order valence-corrected chi connectivity index (χ0v) is 10.2. The van der Waals surface area contributed by atoms with Gasteiger partial charge in [-0.05, 0) is 25.8 Å². The number of rotatable bonds is 2. The Bertz CT molecular complexity index is 401. The second-order valence-corrected chi connectivity index (χ2v) is 4.53. The Morgan fingerprint density at radius 2 is 2.06 bits per heavy atom. The van der Waals surface area contributed by atoms with Gasteiger partial charge in [-0.1, -0.05) is 24.6 Å². The molecule has 1 aliphatic heterocycles. The number of hydrogen-bond donors (Lipinski definition) is 1. The summed E-state index contributed by atoms with van der Waals surface area (Å²) in [4.78, 5) is 4.50. The van der Waals surface area contributed by atoms with Gasteiger partial charge in [0.25, 0.3) is 0 Å². The van der Waals surface area contributed by atoms with Crippen LogP contribution in [0.5, 0.6) is 0 Å². The molecular formula is C14H19FN2. The molecule has 0 fully saturated rings. The van der Waals surface area contributed by atoms with Gasteiger partial charge >= 0.3 is 0 Å². The lowest BCUT2D eigenvalue weighted by molar-refractivity contribution is 0.576. The largest absolute Gasteiger partial charge is 0.367 e. The predicted molar refractivity (Wildman–Crippen MR) is 68.7 cm³/mol. The fourth-order valence-corrected chi connectivity index (χ4v) is 2.15. The van der Waals surface area contributed by atoms with Crippen LogP contribution in [0.2, 0.25) is 0 Å². The standard InChI is InChI=1S/C14H19FN2/c1-11(12-7-4-5-8-13(12)15)17-14-9-3-2-6-10-16-14/h4-5,7-8,11H,2-3,6,9-10H2,1H3,(H,16,17). The lowest BCUT2D eigenvalue weighted by Gasteiger charge is -2.17. The van der Waals surface area contributed by atoms with Crippen LogP contribution in [-0.4, -0.2) is 12.4 Å². The number of nitrogens with one attached hydrogen (secondary N) is 1. The van der Waals surface area contributed by atoms with E-state index in [-0.39, 0.29) is 11.9 Å². The van der Waals surface area contributed by atoms with Crippen LogP contribution in [0.3, 0.4) is 0 Å². The van der Waals surface area contributed by atoms with Crippen LogP contribution >= 0.6 is 0 Å². The summed E-state index contributed by atoms with van der Waals surface area (Å²) in [6, 6.07) is 6.89. The maximum absolute atomic E-state index is 13.6. The monoisotopic (exact) mass is 234 g/mol. The zero-order valence-electron chi connectivity index (χ0n) is 10.2. The summed E-state index contributed by atoms with van der Waals surface area (Å²) < 4.78 is 13.6. The number of halogens is 1. The number of nitrogens with zero attached hydrogens (tertiary/aromatic N) is 1. The summed E-state index contributed by atoms with van der Waals surface area (Å²) in [6.45, 7) is 2.87. The van der Waals surface area contributed by atoms with Gasteiger partial charge in [0.05, 0.1) is 11.9 Å². The second kappa shape index (κ2) is 5.80. The maximum Gasteiger partial charge on any atom is 0.128 e. The molecule has 2 rings (SSSR count). The average molecular weight is 234 g/mol. The van der Waals surface area contributed by atoms with E-state index in [4.69, 9.17) is 0 Å². The molecule has 0 aromatic heterocycles. The van der Waals surface area contributed by atoms with Gasteiger partial charge in [0.2, 0.25) is 0 Å². The van der Waals surface area contributed by atoms with Crippen LogP contribution in [0.4, 0.5) is 4.39 Å². The van der Waals surface area contributed by atoms with Crippen LogP contribution in [0.25, 0.3) is 0 Å². The number of aliphatic imine (C=N–C) groups is 1. The van der Waals surface area contributed by atoms with Crippen molar-refractivity contribution in [2.45, 2.75) is 38.6 Å². The molecule has 17 heavy (non-hydrogen) atoms. The van der Waals surface area contributed by atoms with Gasteiger partial charge in [-0.2, -0.15) is 0 Å². The molecule has 0 bridgehead atoms. The summed E-state index contributed by atoms with van der Waals surface area (Å²) >= 11 is 0.